The lowest BCUT2D eigenvalue weighted by molar-refractivity contribution is 0.445. The maximum Gasteiger partial charge on any atom is 0.269 e. The molecule has 1 unspecified atom stereocenters. The molecule has 2 rings (SSSR count). The van der Waals surface area contributed by atoms with Crippen LogP contribution in [0, 0.1) is 5.92 Å². The van der Waals surface area contributed by atoms with Gasteiger partial charge in [-0.25, -0.2) is 4.68 Å². The number of alkyl halides is 1. The second-order valence-electron chi connectivity index (χ2n) is 5.29. The highest BCUT2D eigenvalue weighted by atomic mass is 35.5. The first-order valence-corrected chi connectivity index (χ1v) is 7.18. The normalized spacial score (nSPS) is 19.5. The molecular weight excluding hydrogens is 262 g/mol. The third kappa shape index (κ3) is 3.60. The Balaban J connectivity index is 2.14. The Morgan fingerprint density at radius 3 is 3.05 bits per heavy atom. The number of rotatable bonds is 4. The Kier molecular flexibility index (Phi) is 4.64. The maximum absolute atomic E-state index is 12.0. The quantitative estimate of drug-likeness (QED) is 0.628. The van der Waals surface area contributed by atoms with E-state index in [0.29, 0.717) is 18.3 Å². The van der Waals surface area contributed by atoms with Gasteiger partial charge in [0.25, 0.3) is 5.56 Å². The summed E-state index contributed by atoms with van der Waals surface area (Å²) in [7, 11) is 0. The van der Waals surface area contributed by atoms with Crippen molar-refractivity contribution in [2.24, 2.45) is 5.92 Å². The summed E-state index contributed by atoms with van der Waals surface area (Å²) in [5, 5.41) is 4.21. The zero-order valence-electron chi connectivity index (χ0n) is 11.3. The molecule has 4 nitrogen and oxygen atoms in total. The molecule has 1 aromatic rings. The molecule has 19 heavy (non-hydrogen) atoms. The van der Waals surface area contributed by atoms with Gasteiger partial charge in [-0.15, -0.1) is 11.6 Å². The third-order valence-electron chi connectivity index (χ3n) is 3.44. The largest absolute Gasteiger partial charge is 0.370 e. The molecular formula is C14H20ClN3O. The molecule has 0 radical (unpaired) electrons. The number of allylic oxidation sites excluding steroid dienone is 1. The average molecular weight is 282 g/mol. The van der Waals surface area contributed by atoms with Gasteiger partial charge >= 0.3 is 0 Å². The standard InChI is InChI=1S/C14H20ClN3O/c1-11-4-3-5-17(9-11)13-6-14(19)18(16-8-13)10-12(2)7-15/h6,8,11H,2-5,7,9-10H2,1H3. The van der Waals surface area contributed by atoms with Crippen LogP contribution in [0.5, 0.6) is 0 Å². The van der Waals surface area contributed by atoms with Gasteiger partial charge in [-0.1, -0.05) is 13.5 Å². The van der Waals surface area contributed by atoms with Gasteiger partial charge in [0.05, 0.1) is 18.4 Å². The summed E-state index contributed by atoms with van der Waals surface area (Å²) in [5.74, 6) is 1.02. The van der Waals surface area contributed by atoms with E-state index in [2.05, 4.69) is 23.5 Å². The molecule has 0 N–H and O–H groups in total. The SMILES string of the molecule is C=C(CCl)Cn1ncc(N2CCCC(C)C2)cc1=O. The van der Waals surface area contributed by atoms with Crippen molar-refractivity contribution in [3.05, 3.63) is 34.8 Å². The molecule has 1 aromatic heterocycles. The number of nitrogens with zero attached hydrogens (tertiary/aromatic N) is 3. The minimum absolute atomic E-state index is 0.0954. The summed E-state index contributed by atoms with van der Waals surface area (Å²) < 4.78 is 1.40. The van der Waals surface area contributed by atoms with Gasteiger partial charge in [0.15, 0.2) is 0 Å². The molecule has 0 spiro atoms. The summed E-state index contributed by atoms with van der Waals surface area (Å²) in [5.41, 5.74) is 1.61. The summed E-state index contributed by atoms with van der Waals surface area (Å²) in [6, 6.07) is 1.66. The van der Waals surface area contributed by atoms with Crippen LogP contribution in [0.3, 0.4) is 0 Å². The van der Waals surface area contributed by atoms with E-state index in [0.717, 1.165) is 24.4 Å². The van der Waals surface area contributed by atoms with Gasteiger partial charge in [0, 0.05) is 25.0 Å². The van der Waals surface area contributed by atoms with Crippen molar-refractivity contribution in [1.29, 1.82) is 0 Å². The molecule has 5 heteroatoms. The molecule has 0 bridgehead atoms. The van der Waals surface area contributed by atoms with Crippen LogP contribution >= 0.6 is 11.6 Å². The lowest BCUT2D eigenvalue weighted by atomic mass is 10.00. The highest BCUT2D eigenvalue weighted by Crippen LogP contribution is 2.20. The third-order valence-corrected chi connectivity index (χ3v) is 3.82. The van der Waals surface area contributed by atoms with E-state index in [9.17, 15) is 4.79 Å². The molecule has 1 saturated heterocycles. The Morgan fingerprint density at radius 2 is 2.42 bits per heavy atom. The van der Waals surface area contributed by atoms with Crippen molar-refractivity contribution in [3.8, 4) is 0 Å². The maximum atomic E-state index is 12.0. The van der Waals surface area contributed by atoms with E-state index in [1.165, 1.54) is 17.5 Å². The number of anilines is 1. The predicted octanol–water partition coefficient (Wildman–Crippen LogP) is 2.27. The first kappa shape index (κ1) is 14.1. The van der Waals surface area contributed by atoms with Crippen molar-refractivity contribution in [2.45, 2.75) is 26.3 Å². The monoisotopic (exact) mass is 281 g/mol. The van der Waals surface area contributed by atoms with Gasteiger partial charge in [-0.2, -0.15) is 5.10 Å². The molecule has 1 fully saturated rings. The smallest absolute Gasteiger partial charge is 0.269 e. The van der Waals surface area contributed by atoms with E-state index < -0.39 is 0 Å². The molecule has 2 heterocycles. The van der Waals surface area contributed by atoms with Gasteiger partial charge in [-0.3, -0.25) is 4.79 Å². The van der Waals surface area contributed by atoms with Gasteiger partial charge < -0.3 is 4.90 Å². The fourth-order valence-electron chi connectivity index (χ4n) is 2.39. The van der Waals surface area contributed by atoms with Crippen molar-refractivity contribution in [1.82, 2.24) is 9.78 Å². The predicted molar refractivity (Wildman–Crippen MR) is 79.0 cm³/mol. The Hall–Kier alpha value is -1.29. The summed E-state index contributed by atoms with van der Waals surface area (Å²) in [6.07, 6.45) is 4.20. The second-order valence-corrected chi connectivity index (χ2v) is 5.55. The first-order valence-electron chi connectivity index (χ1n) is 6.65. The van der Waals surface area contributed by atoms with Crippen LogP contribution < -0.4 is 10.5 Å². The van der Waals surface area contributed by atoms with Crippen LogP contribution in [0.1, 0.15) is 19.8 Å². The molecule has 0 amide bonds. The lowest BCUT2D eigenvalue weighted by Crippen LogP contribution is -2.35. The summed E-state index contributed by atoms with van der Waals surface area (Å²) >= 11 is 5.67. The summed E-state index contributed by atoms with van der Waals surface area (Å²) in [4.78, 5) is 14.2. The molecule has 1 atom stereocenters. The van der Waals surface area contributed by atoms with E-state index in [1.54, 1.807) is 12.3 Å². The van der Waals surface area contributed by atoms with Crippen LogP contribution in [0.4, 0.5) is 5.69 Å². The van der Waals surface area contributed by atoms with Crippen LogP contribution in [-0.4, -0.2) is 28.8 Å². The number of piperidine rings is 1. The Labute approximate surface area is 118 Å². The van der Waals surface area contributed by atoms with Crippen LogP contribution in [0.25, 0.3) is 0 Å². The van der Waals surface area contributed by atoms with Gasteiger partial charge in [0.1, 0.15) is 0 Å². The van der Waals surface area contributed by atoms with E-state index in [1.807, 2.05) is 0 Å². The second kappa shape index (κ2) is 6.24. The molecule has 1 aliphatic rings. The topological polar surface area (TPSA) is 38.1 Å². The molecule has 1 aliphatic heterocycles. The van der Waals surface area contributed by atoms with E-state index >= 15 is 0 Å². The zero-order valence-corrected chi connectivity index (χ0v) is 12.1. The average Bonchev–Trinajstić information content (AvgIpc) is 2.41. The number of halogens is 1. The van der Waals surface area contributed by atoms with Gasteiger partial charge in [0.2, 0.25) is 0 Å². The van der Waals surface area contributed by atoms with E-state index in [4.69, 9.17) is 11.6 Å². The van der Waals surface area contributed by atoms with Crippen molar-refractivity contribution >= 4 is 17.3 Å². The van der Waals surface area contributed by atoms with Crippen molar-refractivity contribution in [3.63, 3.8) is 0 Å². The lowest BCUT2D eigenvalue weighted by Gasteiger charge is -2.32. The minimum Gasteiger partial charge on any atom is -0.370 e. The number of aromatic nitrogens is 2. The zero-order chi connectivity index (χ0) is 13.8. The van der Waals surface area contributed by atoms with Crippen molar-refractivity contribution < 1.29 is 0 Å². The van der Waals surface area contributed by atoms with Gasteiger partial charge in [-0.05, 0) is 24.3 Å². The number of hydrogen-bond donors (Lipinski definition) is 0. The number of hydrogen-bond acceptors (Lipinski definition) is 3. The minimum atomic E-state index is -0.0954. The first-order chi connectivity index (χ1) is 9.10. The molecule has 104 valence electrons. The van der Waals surface area contributed by atoms with Crippen LogP contribution in [0.15, 0.2) is 29.2 Å². The fraction of sp³-hybridized carbons (Fsp3) is 0.571. The highest BCUT2D eigenvalue weighted by Gasteiger charge is 2.17. The molecule has 0 saturated carbocycles. The molecule has 0 aliphatic carbocycles. The summed E-state index contributed by atoms with van der Waals surface area (Å²) in [6.45, 7) is 8.42. The Bertz CT molecular complexity index is 512. The van der Waals surface area contributed by atoms with Crippen molar-refractivity contribution in [2.75, 3.05) is 23.9 Å². The Morgan fingerprint density at radius 1 is 1.63 bits per heavy atom. The highest BCUT2D eigenvalue weighted by molar-refractivity contribution is 6.19. The van der Waals surface area contributed by atoms with Crippen LogP contribution in [0.2, 0.25) is 0 Å². The molecule has 0 aromatic carbocycles. The van der Waals surface area contributed by atoms with Crippen LogP contribution in [-0.2, 0) is 6.54 Å². The van der Waals surface area contributed by atoms with E-state index in [-0.39, 0.29) is 5.56 Å². The fourth-order valence-corrected chi connectivity index (χ4v) is 2.48.